The van der Waals surface area contributed by atoms with Crippen molar-refractivity contribution in [1.82, 2.24) is 9.78 Å². The van der Waals surface area contributed by atoms with Crippen molar-refractivity contribution in [2.45, 2.75) is 17.6 Å². The number of halogens is 3. The van der Waals surface area contributed by atoms with Crippen LogP contribution in [0.2, 0.25) is 0 Å². The lowest BCUT2D eigenvalue weighted by molar-refractivity contribution is -0.137. The van der Waals surface area contributed by atoms with Gasteiger partial charge in [0.25, 0.3) is 5.56 Å². The first kappa shape index (κ1) is 20.6. The van der Waals surface area contributed by atoms with Crippen LogP contribution < -0.4 is 15.8 Å². The number of para-hydroxylation sites is 1. The summed E-state index contributed by atoms with van der Waals surface area (Å²) in [4.78, 5) is 38.9. The van der Waals surface area contributed by atoms with Crippen LogP contribution in [0.15, 0.2) is 52.8 Å². The quantitative estimate of drug-likeness (QED) is 0.746. The number of alkyl halides is 3. The fourth-order valence-corrected chi connectivity index (χ4v) is 3.65. The van der Waals surface area contributed by atoms with Gasteiger partial charge in [-0.3, -0.25) is 14.4 Å². The van der Waals surface area contributed by atoms with E-state index in [1.54, 1.807) is 0 Å². The Kier molecular flexibility index (Phi) is 5.78. The van der Waals surface area contributed by atoms with Crippen LogP contribution in [0.25, 0.3) is 0 Å². The fraction of sp³-hybridized carbons (Fsp3) is 0.222. The zero-order valence-corrected chi connectivity index (χ0v) is 15.7. The molecule has 0 aliphatic carbocycles. The number of hydrogen-bond acceptors (Lipinski definition) is 5. The third-order valence-corrected chi connectivity index (χ3v) is 5.02. The van der Waals surface area contributed by atoms with E-state index < -0.39 is 35.4 Å². The maximum atomic E-state index is 13.1. The Morgan fingerprint density at radius 1 is 1.31 bits per heavy atom. The lowest BCUT2D eigenvalue weighted by Crippen LogP contribution is -2.42. The lowest BCUT2D eigenvalue weighted by Gasteiger charge is -2.27. The highest BCUT2D eigenvalue weighted by Crippen LogP contribution is 2.34. The highest BCUT2D eigenvalue weighted by molar-refractivity contribution is 8.00. The number of fused-ring (bicyclic) bond motifs is 1. The van der Waals surface area contributed by atoms with Crippen LogP contribution in [0.1, 0.15) is 5.56 Å². The van der Waals surface area contributed by atoms with Gasteiger partial charge in [-0.25, -0.2) is 4.68 Å². The number of aromatic nitrogens is 2. The molecule has 152 valence electrons. The Balaban J connectivity index is 1.87. The maximum absolute atomic E-state index is 13.1. The van der Waals surface area contributed by atoms with E-state index in [9.17, 15) is 27.6 Å². The molecule has 0 atom stereocenters. The van der Waals surface area contributed by atoms with Crippen molar-refractivity contribution in [2.75, 3.05) is 22.5 Å². The molecule has 2 aromatic rings. The summed E-state index contributed by atoms with van der Waals surface area (Å²) >= 11 is 1.15. The van der Waals surface area contributed by atoms with Gasteiger partial charge in [-0.1, -0.05) is 18.2 Å². The molecule has 0 unspecified atom stereocenters. The Hall–Kier alpha value is -3.08. The van der Waals surface area contributed by atoms with E-state index in [1.165, 1.54) is 29.3 Å². The van der Waals surface area contributed by atoms with Gasteiger partial charge in [-0.2, -0.15) is 18.3 Å². The molecule has 1 aliphatic heterocycles. The number of hydrogen-bond donors (Lipinski definition) is 1. The number of nitrogens with zero attached hydrogens (tertiary/aromatic N) is 3. The largest absolute Gasteiger partial charge is 0.418 e. The number of nitrogens with one attached hydrogen (secondary N) is 1. The third kappa shape index (κ3) is 4.34. The number of amides is 2. The average molecular weight is 424 g/mol. The van der Waals surface area contributed by atoms with Crippen molar-refractivity contribution in [3.63, 3.8) is 0 Å². The molecule has 11 heteroatoms. The average Bonchev–Trinajstić information content (AvgIpc) is 2.66. The van der Waals surface area contributed by atoms with E-state index in [1.807, 2.05) is 0 Å². The summed E-state index contributed by atoms with van der Waals surface area (Å²) in [5.41, 5.74) is -2.04. The van der Waals surface area contributed by atoms with Crippen molar-refractivity contribution >= 4 is 35.0 Å². The van der Waals surface area contributed by atoms with E-state index in [0.29, 0.717) is 4.90 Å². The van der Waals surface area contributed by atoms with E-state index in [0.717, 1.165) is 28.6 Å². The molecule has 3 rings (SSSR count). The van der Waals surface area contributed by atoms with Crippen molar-refractivity contribution in [3.05, 3.63) is 59.0 Å². The monoisotopic (exact) mass is 424 g/mol. The molecule has 2 heterocycles. The molecule has 2 amide bonds. The van der Waals surface area contributed by atoms with Gasteiger partial charge in [0.15, 0.2) is 0 Å². The highest BCUT2D eigenvalue weighted by Gasteiger charge is 2.34. The van der Waals surface area contributed by atoms with Crippen LogP contribution >= 0.6 is 11.8 Å². The molecule has 1 aromatic heterocycles. The minimum atomic E-state index is -4.65. The molecule has 0 bridgehead atoms. The molecule has 1 N–H and O–H groups in total. The van der Waals surface area contributed by atoms with Gasteiger partial charge < -0.3 is 10.2 Å². The SMILES string of the molecule is C=CCN1C(=O)CSc2cnn(CC(=O)Nc3ccccc3C(F)(F)F)c(=O)c21. The summed E-state index contributed by atoms with van der Waals surface area (Å²) in [6, 6.07) is 4.51. The van der Waals surface area contributed by atoms with E-state index >= 15 is 0 Å². The number of rotatable bonds is 5. The van der Waals surface area contributed by atoms with E-state index in [2.05, 4.69) is 17.0 Å². The van der Waals surface area contributed by atoms with Crippen molar-refractivity contribution < 1.29 is 22.8 Å². The summed E-state index contributed by atoms with van der Waals surface area (Å²) in [5, 5.41) is 6.06. The third-order valence-electron chi connectivity index (χ3n) is 4.02. The zero-order chi connectivity index (χ0) is 21.2. The fourth-order valence-electron chi connectivity index (χ4n) is 2.76. The summed E-state index contributed by atoms with van der Waals surface area (Å²) in [7, 11) is 0. The molecule has 0 saturated carbocycles. The second-order valence-electron chi connectivity index (χ2n) is 5.99. The minimum absolute atomic E-state index is 0.0737. The number of thioether (sulfide) groups is 1. The van der Waals surface area contributed by atoms with Crippen molar-refractivity contribution in [3.8, 4) is 0 Å². The summed E-state index contributed by atoms with van der Waals surface area (Å²) in [6.07, 6.45) is -1.84. The van der Waals surface area contributed by atoms with Crippen molar-refractivity contribution in [1.29, 1.82) is 0 Å². The van der Waals surface area contributed by atoms with Crippen LogP contribution in [-0.4, -0.2) is 33.9 Å². The topological polar surface area (TPSA) is 84.3 Å². The highest BCUT2D eigenvalue weighted by atomic mass is 32.2. The van der Waals surface area contributed by atoms with Gasteiger partial charge in [0.2, 0.25) is 11.8 Å². The predicted molar refractivity (Wildman–Crippen MR) is 102 cm³/mol. The first-order valence-corrected chi connectivity index (χ1v) is 9.31. The molecule has 0 spiro atoms. The van der Waals surface area contributed by atoms with E-state index in [-0.39, 0.29) is 23.9 Å². The molecule has 29 heavy (non-hydrogen) atoms. The Bertz CT molecular complexity index is 1040. The molecule has 1 aliphatic rings. The van der Waals surface area contributed by atoms with Crippen molar-refractivity contribution in [2.24, 2.45) is 0 Å². The van der Waals surface area contributed by atoms with Gasteiger partial charge in [0.05, 0.1) is 28.1 Å². The first-order valence-electron chi connectivity index (χ1n) is 8.32. The number of carbonyl (C=O) groups excluding carboxylic acids is 2. The summed E-state index contributed by atoms with van der Waals surface area (Å²) in [6.45, 7) is 3.05. The van der Waals surface area contributed by atoms with Crippen LogP contribution in [0, 0.1) is 0 Å². The van der Waals surface area contributed by atoms with Crippen LogP contribution in [0.3, 0.4) is 0 Å². The maximum Gasteiger partial charge on any atom is 0.418 e. The van der Waals surface area contributed by atoms with Crippen LogP contribution in [0.5, 0.6) is 0 Å². The van der Waals surface area contributed by atoms with Gasteiger partial charge in [-0.15, -0.1) is 18.3 Å². The summed E-state index contributed by atoms with van der Waals surface area (Å²) < 4.78 is 40.0. The number of carbonyl (C=O) groups is 2. The molecule has 1 aromatic carbocycles. The lowest BCUT2D eigenvalue weighted by atomic mass is 10.1. The number of anilines is 2. The van der Waals surface area contributed by atoms with Crippen LogP contribution in [-0.2, 0) is 22.3 Å². The van der Waals surface area contributed by atoms with Gasteiger partial charge >= 0.3 is 6.18 Å². The Labute approximate surface area is 167 Å². The normalized spacial score (nSPS) is 13.8. The minimum Gasteiger partial charge on any atom is -0.324 e. The second kappa shape index (κ2) is 8.11. The predicted octanol–water partition coefficient (Wildman–Crippen LogP) is 2.53. The molecule has 0 fully saturated rings. The molecule has 7 nitrogen and oxygen atoms in total. The molecular weight excluding hydrogens is 409 g/mol. The second-order valence-corrected chi connectivity index (χ2v) is 7.01. The Morgan fingerprint density at radius 3 is 2.72 bits per heavy atom. The molecular formula is C18H15F3N4O3S. The van der Waals surface area contributed by atoms with Gasteiger partial charge in [0.1, 0.15) is 12.2 Å². The van der Waals surface area contributed by atoms with Crippen LogP contribution in [0.4, 0.5) is 24.5 Å². The summed E-state index contributed by atoms with van der Waals surface area (Å²) in [5.74, 6) is -1.01. The zero-order valence-electron chi connectivity index (χ0n) is 14.9. The van der Waals surface area contributed by atoms with Gasteiger partial charge in [-0.05, 0) is 12.1 Å². The van der Waals surface area contributed by atoms with Gasteiger partial charge in [0, 0.05) is 6.54 Å². The Morgan fingerprint density at radius 2 is 2.03 bits per heavy atom. The molecule has 0 radical (unpaired) electrons. The smallest absolute Gasteiger partial charge is 0.324 e. The van der Waals surface area contributed by atoms with E-state index in [4.69, 9.17) is 0 Å². The standard InChI is InChI=1S/C18H15F3N4O3S/c1-2-7-24-15(27)10-29-13-8-22-25(17(28)16(13)24)9-14(26)23-12-6-4-3-5-11(12)18(19,20)21/h2-6,8H,1,7,9-10H2,(H,23,26). The molecule has 0 saturated heterocycles. The number of benzene rings is 1. The first-order chi connectivity index (χ1) is 13.7.